The number of hydrogen-bond donors (Lipinski definition) is 2. The first-order chi connectivity index (χ1) is 7.09. The molecule has 0 aliphatic rings. The van der Waals surface area contributed by atoms with Crippen LogP contribution in [0.15, 0.2) is 27.5 Å². The number of H-pyrrole nitrogens is 2. The average molecular weight is 290 g/mol. The predicted octanol–water partition coefficient (Wildman–Crippen LogP) is 2.12. The number of nitrogens with one attached hydrogen (secondary N) is 2. The molecular weight excluding hydrogens is 285 g/mol. The van der Waals surface area contributed by atoms with Crippen LogP contribution >= 0.6 is 28.1 Å². The van der Waals surface area contributed by atoms with Crippen LogP contribution in [0.1, 0.15) is 0 Å². The number of nitrogens with zero attached hydrogens (tertiary/aromatic N) is 1. The van der Waals surface area contributed by atoms with Gasteiger partial charge in [0.05, 0.1) is 10.2 Å². The van der Waals surface area contributed by atoms with E-state index in [9.17, 15) is 9.18 Å². The molecule has 78 valence electrons. The summed E-state index contributed by atoms with van der Waals surface area (Å²) in [5, 5.41) is 4.79. The molecule has 0 saturated heterocycles. The number of aromatic nitrogens is 3. The molecule has 0 unspecified atom stereocenters. The molecule has 1 aromatic heterocycles. The molecule has 0 saturated carbocycles. The lowest BCUT2D eigenvalue weighted by atomic mass is 10.3. The summed E-state index contributed by atoms with van der Waals surface area (Å²) in [4.78, 5) is 11.3. The highest BCUT2D eigenvalue weighted by molar-refractivity contribution is 9.10. The molecule has 0 amide bonds. The quantitative estimate of drug-likeness (QED) is 0.790. The zero-order valence-electron chi connectivity index (χ0n) is 7.25. The number of hydrogen-bond acceptors (Lipinski definition) is 2. The number of aromatic amines is 2. The van der Waals surface area contributed by atoms with E-state index in [1.54, 1.807) is 6.07 Å². The van der Waals surface area contributed by atoms with E-state index in [2.05, 4.69) is 26.1 Å². The summed E-state index contributed by atoms with van der Waals surface area (Å²) >= 11 is 7.90. The maximum Gasteiger partial charge on any atom is 0.347 e. The van der Waals surface area contributed by atoms with E-state index < -0.39 is 11.5 Å². The Bertz CT molecular complexity index is 587. The summed E-state index contributed by atoms with van der Waals surface area (Å²) in [7, 11) is 0. The van der Waals surface area contributed by atoms with E-state index >= 15 is 0 Å². The van der Waals surface area contributed by atoms with Crippen molar-refractivity contribution in [2.45, 2.75) is 0 Å². The lowest BCUT2D eigenvalue weighted by Gasteiger charge is -2.01. The Morgan fingerprint density at radius 3 is 2.67 bits per heavy atom. The normalized spacial score (nSPS) is 10.5. The lowest BCUT2D eigenvalue weighted by Crippen LogP contribution is -2.14. The topological polar surface area (TPSA) is 53.6 Å². The molecule has 0 aliphatic heterocycles. The van der Waals surface area contributed by atoms with Crippen LogP contribution in [0.3, 0.4) is 0 Å². The molecule has 0 spiro atoms. The van der Waals surface area contributed by atoms with E-state index in [0.29, 0.717) is 10.2 Å². The Balaban J connectivity index is 2.70. The molecule has 0 fully saturated rings. The van der Waals surface area contributed by atoms with Gasteiger partial charge in [-0.05, 0) is 46.3 Å². The van der Waals surface area contributed by atoms with Gasteiger partial charge in [-0.2, -0.15) is 0 Å². The molecule has 2 N–H and O–H groups in total. The fourth-order valence-corrected chi connectivity index (χ4v) is 1.66. The predicted molar refractivity (Wildman–Crippen MR) is 59.2 cm³/mol. The number of halogens is 2. The Hall–Kier alpha value is -1.21. The van der Waals surface area contributed by atoms with E-state index in [4.69, 9.17) is 12.2 Å². The van der Waals surface area contributed by atoms with Crippen molar-refractivity contribution in [3.8, 4) is 5.69 Å². The Labute approximate surface area is 96.9 Å². The molecule has 15 heavy (non-hydrogen) atoms. The van der Waals surface area contributed by atoms with E-state index in [1.165, 1.54) is 16.7 Å². The minimum Gasteiger partial charge on any atom is -0.272 e. The van der Waals surface area contributed by atoms with Gasteiger partial charge in [0.2, 0.25) is 4.77 Å². The summed E-state index contributed by atoms with van der Waals surface area (Å²) in [6, 6.07) is 4.33. The molecule has 4 nitrogen and oxygen atoms in total. The minimum absolute atomic E-state index is 0.196. The van der Waals surface area contributed by atoms with Gasteiger partial charge >= 0.3 is 5.69 Å². The van der Waals surface area contributed by atoms with Crippen molar-refractivity contribution in [1.29, 1.82) is 0 Å². The van der Waals surface area contributed by atoms with E-state index in [0.717, 1.165) is 0 Å². The van der Waals surface area contributed by atoms with Crippen molar-refractivity contribution in [1.82, 2.24) is 14.8 Å². The molecule has 1 heterocycles. The monoisotopic (exact) mass is 289 g/mol. The Morgan fingerprint density at radius 1 is 1.40 bits per heavy atom. The van der Waals surface area contributed by atoms with Crippen molar-refractivity contribution in [2.75, 3.05) is 0 Å². The molecular formula is C8H5BrFN3OS. The number of benzene rings is 1. The first-order valence-corrected chi connectivity index (χ1v) is 5.15. The maximum absolute atomic E-state index is 13.2. The fourth-order valence-electron chi connectivity index (χ4n) is 1.17. The highest BCUT2D eigenvalue weighted by Gasteiger charge is 2.06. The number of rotatable bonds is 1. The van der Waals surface area contributed by atoms with Crippen LogP contribution in [0.2, 0.25) is 0 Å². The SMILES string of the molecule is O=c1[nH][nH]c(=S)n1-c1ccc(Br)c(F)c1. The van der Waals surface area contributed by atoms with Crippen LogP contribution < -0.4 is 5.69 Å². The molecule has 2 aromatic rings. The average Bonchev–Trinajstić information content (AvgIpc) is 2.52. The Morgan fingerprint density at radius 2 is 2.13 bits per heavy atom. The van der Waals surface area contributed by atoms with Crippen LogP contribution in [-0.2, 0) is 0 Å². The van der Waals surface area contributed by atoms with Gasteiger partial charge in [0, 0.05) is 0 Å². The molecule has 0 aliphatic carbocycles. The maximum atomic E-state index is 13.2. The second kappa shape index (κ2) is 3.74. The van der Waals surface area contributed by atoms with Gasteiger partial charge in [0.15, 0.2) is 0 Å². The molecule has 1 aromatic carbocycles. The lowest BCUT2D eigenvalue weighted by molar-refractivity contribution is 0.619. The van der Waals surface area contributed by atoms with Crippen LogP contribution in [-0.4, -0.2) is 14.8 Å². The van der Waals surface area contributed by atoms with Crippen LogP contribution in [0, 0.1) is 10.6 Å². The van der Waals surface area contributed by atoms with Crippen LogP contribution in [0.5, 0.6) is 0 Å². The molecule has 0 bridgehead atoms. The molecule has 0 atom stereocenters. The van der Waals surface area contributed by atoms with Gasteiger partial charge in [0.25, 0.3) is 0 Å². The zero-order chi connectivity index (χ0) is 11.0. The first kappa shape index (κ1) is 10.3. The minimum atomic E-state index is -0.449. The van der Waals surface area contributed by atoms with Crippen molar-refractivity contribution >= 4 is 28.1 Å². The van der Waals surface area contributed by atoms with Crippen molar-refractivity contribution in [2.24, 2.45) is 0 Å². The van der Waals surface area contributed by atoms with Crippen LogP contribution in [0.25, 0.3) is 5.69 Å². The third-order valence-electron chi connectivity index (χ3n) is 1.84. The van der Waals surface area contributed by atoms with E-state index in [1.807, 2.05) is 0 Å². The van der Waals surface area contributed by atoms with Gasteiger partial charge in [-0.3, -0.25) is 5.10 Å². The second-order valence-electron chi connectivity index (χ2n) is 2.79. The standard InChI is InChI=1S/C8H5BrFN3OS/c9-5-2-1-4(3-6(5)10)13-7(14)11-12-8(13)15/h1-3H,(H,11,14)(H,12,15). The largest absolute Gasteiger partial charge is 0.347 e. The van der Waals surface area contributed by atoms with Crippen molar-refractivity contribution in [3.63, 3.8) is 0 Å². The van der Waals surface area contributed by atoms with Gasteiger partial charge < -0.3 is 0 Å². The molecule has 2 rings (SSSR count). The summed E-state index contributed by atoms with van der Waals surface area (Å²) in [6.45, 7) is 0. The van der Waals surface area contributed by atoms with E-state index in [-0.39, 0.29) is 4.77 Å². The van der Waals surface area contributed by atoms with Crippen LogP contribution in [0.4, 0.5) is 4.39 Å². The molecule has 7 heteroatoms. The van der Waals surface area contributed by atoms with Crippen molar-refractivity contribution < 1.29 is 4.39 Å². The summed E-state index contributed by atoms with van der Waals surface area (Å²) in [6.07, 6.45) is 0. The smallest absolute Gasteiger partial charge is 0.272 e. The molecule has 0 radical (unpaired) electrons. The van der Waals surface area contributed by atoms with Gasteiger partial charge in [-0.1, -0.05) is 0 Å². The highest BCUT2D eigenvalue weighted by atomic mass is 79.9. The summed E-state index contributed by atoms with van der Waals surface area (Å²) in [5.41, 5.74) is -0.0510. The summed E-state index contributed by atoms with van der Waals surface area (Å²) in [5.74, 6) is -0.449. The highest BCUT2D eigenvalue weighted by Crippen LogP contribution is 2.17. The fraction of sp³-hybridized carbons (Fsp3) is 0. The Kier molecular flexibility index (Phi) is 2.57. The van der Waals surface area contributed by atoms with Gasteiger partial charge in [0.1, 0.15) is 5.82 Å². The van der Waals surface area contributed by atoms with Gasteiger partial charge in [-0.15, -0.1) is 0 Å². The summed E-state index contributed by atoms with van der Waals surface area (Å²) < 4.78 is 14.9. The zero-order valence-corrected chi connectivity index (χ0v) is 9.65. The van der Waals surface area contributed by atoms with Gasteiger partial charge in [-0.25, -0.2) is 18.9 Å². The third kappa shape index (κ3) is 1.80. The second-order valence-corrected chi connectivity index (χ2v) is 4.04. The third-order valence-corrected chi connectivity index (χ3v) is 2.77. The first-order valence-electron chi connectivity index (χ1n) is 3.95. The van der Waals surface area contributed by atoms with Crippen molar-refractivity contribution in [3.05, 3.63) is 43.7 Å².